The third-order valence-corrected chi connectivity index (χ3v) is 4.52. The van der Waals surface area contributed by atoms with E-state index in [-0.39, 0.29) is 0 Å². The van der Waals surface area contributed by atoms with Crippen LogP contribution in [0.5, 0.6) is 0 Å². The molecule has 0 unspecified atom stereocenters. The zero-order valence-corrected chi connectivity index (χ0v) is 13.8. The normalized spacial score (nSPS) is 11.3. The van der Waals surface area contributed by atoms with E-state index in [2.05, 4.69) is 43.6 Å². The molecule has 2 aromatic heterocycles. The Morgan fingerprint density at radius 1 is 1.35 bits per heavy atom. The smallest absolute Gasteiger partial charge is 0.179 e. The van der Waals surface area contributed by atoms with Crippen molar-refractivity contribution in [3.63, 3.8) is 0 Å². The summed E-state index contributed by atoms with van der Waals surface area (Å²) in [5, 5.41) is 4.54. The third kappa shape index (κ3) is 2.13. The van der Waals surface area contributed by atoms with E-state index in [0.29, 0.717) is 0 Å². The fourth-order valence-electron chi connectivity index (χ4n) is 2.42. The Morgan fingerprint density at radius 3 is 2.80 bits per heavy atom. The first-order chi connectivity index (χ1) is 9.61. The highest BCUT2D eigenvalue weighted by Crippen LogP contribution is 2.22. The van der Waals surface area contributed by atoms with Gasteiger partial charge in [-0.2, -0.15) is 5.10 Å². The molecule has 3 rings (SSSR count). The Labute approximate surface area is 130 Å². The van der Waals surface area contributed by atoms with Gasteiger partial charge in [0.2, 0.25) is 0 Å². The summed E-state index contributed by atoms with van der Waals surface area (Å²) in [7, 11) is 0. The average Bonchev–Trinajstić information content (AvgIpc) is 2.91. The molecule has 20 heavy (non-hydrogen) atoms. The second kappa shape index (κ2) is 5.18. The summed E-state index contributed by atoms with van der Waals surface area (Å²) in [6.07, 6.45) is 0. The van der Waals surface area contributed by atoms with Gasteiger partial charge in [-0.15, -0.1) is 0 Å². The van der Waals surface area contributed by atoms with Crippen molar-refractivity contribution in [2.75, 3.05) is 0 Å². The Kier molecular flexibility index (Phi) is 3.52. The molecule has 1 N–H and O–H groups in total. The molecule has 3 aromatic rings. The van der Waals surface area contributed by atoms with Crippen LogP contribution < -0.4 is 0 Å². The molecule has 0 saturated heterocycles. The number of nitrogens with one attached hydrogen (secondary N) is 1. The Morgan fingerprint density at radius 2 is 2.10 bits per heavy atom. The number of hydrogen-bond donors (Lipinski definition) is 1. The molecule has 1 aromatic carbocycles. The lowest BCUT2D eigenvalue weighted by atomic mass is 10.2. The number of fused-ring (bicyclic) bond motifs is 1. The van der Waals surface area contributed by atoms with Crippen LogP contribution in [0.15, 0.2) is 28.7 Å². The Balaban J connectivity index is 2.19. The molecule has 104 valence electrons. The molecule has 2 heterocycles. The summed E-state index contributed by atoms with van der Waals surface area (Å²) in [6, 6.07) is 8.20. The van der Waals surface area contributed by atoms with Crippen molar-refractivity contribution in [3.8, 4) is 0 Å². The molecule has 0 aliphatic rings. The fraction of sp³-hybridized carbons (Fsp3) is 0.286. The minimum absolute atomic E-state index is 0.728. The first-order valence-electron chi connectivity index (χ1n) is 6.51. The van der Waals surface area contributed by atoms with Crippen molar-refractivity contribution in [2.45, 2.75) is 26.9 Å². The van der Waals surface area contributed by atoms with E-state index >= 15 is 0 Å². The van der Waals surface area contributed by atoms with Gasteiger partial charge in [-0.05, 0) is 37.7 Å². The topological polar surface area (TPSA) is 38.5 Å². The van der Waals surface area contributed by atoms with E-state index in [1.54, 1.807) is 0 Å². The van der Waals surface area contributed by atoms with Crippen LogP contribution in [-0.4, -0.2) is 19.3 Å². The molecule has 0 fully saturated rings. The standard InChI is InChI=1S/C14H15BrN4S/c1-3-19-13-12(9(2)17-19)16-14(20)18(13)8-10-6-4-5-7-11(10)15/h4-7H,3,8H2,1-2H3,(H,16,20). The van der Waals surface area contributed by atoms with Crippen molar-refractivity contribution in [1.29, 1.82) is 0 Å². The van der Waals surface area contributed by atoms with Crippen LogP contribution in [0.3, 0.4) is 0 Å². The van der Waals surface area contributed by atoms with Crippen LogP contribution in [0.2, 0.25) is 0 Å². The van der Waals surface area contributed by atoms with Gasteiger partial charge in [-0.3, -0.25) is 4.57 Å². The van der Waals surface area contributed by atoms with E-state index in [0.717, 1.165) is 39.2 Å². The van der Waals surface area contributed by atoms with Crippen LogP contribution in [0.1, 0.15) is 18.2 Å². The van der Waals surface area contributed by atoms with Gasteiger partial charge in [0.25, 0.3) is 0 Å². The number of aryl methyl sites for hydroxylation is 2. The lowest BCUT2D eigenvalue weighted by molar-refractivity contribution is 0.643. The first kappa shape index (κ1) is 13.6. The highest BCUT2D eigenvalue weighted by atomic mass is 79.9. The van der Waals surface area contributed by atoms with E-state index in [1.165, 1.54) is 5.56 Å². The van der Waals surface area contributed by atoms with Crippen molar-refractivity contribution < 1.29 is 0 Å². The van der Waals surface area contributed by atoms with Crippen LogP contribution in [0.4, 0.5) is 0 Å². The van der Waals surface area contributed by atoms with Crippen molar-refractivity contribution in [1.82, 2.24) is 19.3 Å². The summed E-state index contributed by atoms with van der Waals surface area (Å²) >= 11 is 9.06. The summed E-state index contributed by atoms with van der Waals surface area (Å²) in [6.45, 7) is 5.64. The van der Waals surface area contributed by atoms with Gasteiger partial charge in [0.15, 0.2) is 10.4 Å². The number of benzene rings is 1. The van der Waals surface area contributed by atoms with Gasteiger partial charge in [0.05, 0.1) is 12.2 Å². The molecular weight excluding hydrogens is 336 g/mol. The van der Waals surface area contributed by atoms with Crippen LogP contribution in [0.25, 0.3) is 11.2 Å². The van der Waals surface area contributed by atoms with E-state index in [9.17, 15) is 0 Å². The van der Waals surface area contributed by atoms with Crippen LogP contribution in [0, 0.1) is 11.7 Å². The van der Waals surface area contributed by atoms with Crippen LogP contribution >= 0.6 is 28.1 Å². The number of imidazole rings is 1. The summed E-state index contributed by atoms with van der Waals surface area (Å²) in [4.78, 5) is 3.27. The maximum Gasteiger partial charge on any atom is 0.179 e. The van der Waals surface area contributed by atoms with Gasteiger partial charge >= 0.3 is 0 Å². The minimum Gasteiger partial charge on any atom is -0.328 e. The maximum absolute atomic E-state index is 5.47. The maximum atomic E-state index is 5.47. The summed E-state index contributed by atoms with van der Waals surface area (Å²) in [5.74, 6) is 0. The van der Waals surface area contributed by atoms with E-state index in [4.69, 9.17) is 12.2 Å². The molecule has 0 aliphatic carbocycles. The van der Waals surface area contributed by atoms with Crippen LogP contribution in [-0.2, 0) is 13.1 Å². The van der Waals surface area contributed by atoms with Gasteiger partial charge in [-0.1, -0.05) is 34.1 Å². The lowest BCUT2D eigenvalue weighted by Crippen LogP contribution is -2.06. The molecular formula is C14H15BrN4S. The Hall–Kier alpha value is -1.40. The van der Waals surface area contributed by atoms with Gasteiger partial charge in [-0.25, -0.2) is 4.68 Å². The SMILES string of the molecule is CCn1nc(C)c2[nH]c(=S)n(Cc3ccccc3Br)c21. The zero-order chi connectivity index (χ0) is 14.3. The highest BCUT2D eigenvalue weighted by Gasteiger charge is 2.14. The summed E-state index contributed by atoms with van der Waals surface area (Å²) in [5.41, 5.74) is 4.28. The first-order valence-corrected chi connectivity index (χ1v) is 7.71. The zero-order valence-electron chi connectivity index (χ0n) is 11.4. The molecule has 0 amide bonds. The van der Waals surface area contributed by atoms with Gasteiger partial charge < -0.3 is 4.98 Å². The monoisotopic (exact) mass is 350 g/mol. The molecule has 6 heteroatoms. The lowest BCUT2D eigenvalue weighted by Gasteiger charge is -2.08. The fourth-order valence-corrected chi connectivity index (χ4v) is 3.09. The second-order valence-corrected chi connectivity index (χ2v) is 5.95. The molecule has 0 aliphatic heterocycles. The number of rotatable bonds is 3. The van der Waals surface area contributed by atoms with Gasteiger partial charge in [0, 0.05) is 11.0 Å². The number of hydrogen-bond acceptors (Lipinski definition) is 2. The third-order valence-electron chi connectivity index (χ3n) is 3.42. The van der Waals surface area contributed by atoms with Crippen molar-refractivity contribution in [3.05, 3.63) is 44.8 Å². The average molecular weight is 351 g/mol. The molecule has 4 nitrogen and oxygen atoms in total. The van der Waals surface area contributed by atoms with Gasteiger partial charge in [0.1, 0.15) is 5.52 Å². The highest BCUT2D eigenvalue weighted by molar-refractivity contribution is 9.10. The molecule has 0 atom stereocenters. The van der Waals surface area contributed by atoms with Crippen molar-refractivity contribution >= 4 is 39.3 Å². The number of halogens is 1. The molecule has 0 bridgehead atoms. The summed E-state index contributed by atoms with van der Waals surface area (Å²) < 4.78 is 5.93. The minimum atomic E-state index is 0.728. The van der Waals surface area contributed by atoms with E-state index in [1.807, 2.05) is 29.8 Å². The number of nitrogens with zero attached hydrogens (tertiary/aromatic N) is 3. The van der Waals surface area contributed by atoms with Crippen molar-refractivity contribution in [2.24, 2.45) is 0 Å². The number of aromatic amines is 1. The number of H-pyrrole nitrogens is 1. The predicted octanol–water partition coefficient (Wildman–Crippen LogP) is 4.03. The molecule has 0 radical (unpaired) electrons. The second-order valence-electron chi connectivity index (χ2n) is 4.71. The van der Waals surface area contributed by atoms with E-state index < -0.39 is 0 Å². The Bertz CT molecular complexity index is 827. The largest absolute Gasteiger partial charge is 0.328 e. The quantitative estimate of drug-likeness (QED) is 0.724. The number of aromatic nitrogens is 4. The molecule has 0 spiro atoms. The molecule has 0 saturated carbocycles. The predicted molar refractivity (Wildman–Crippen MR) is 86.6 cm³/mol.